The lowest BCUT2D eigenvalue weighted by Crippen LogP contribution is -2.13. The van der Waals surface area contributed by atoms with Crippen LogP contribution in [0.1, 0.15) is 16.8 Å². The van der Waals surface area contributed by atoms with Gasteiger partial charge in [0.1, 0.15) is 0 Å². The quantitative estimate of drug-likeness (QED) is 0.905. The first-order valence-corrected chi connectivity index (χ1v) is 5.43. The van der Waals surface area contributed by atoms with Crippen molar-refractivity contribution in [3.05, 3.63) is 22.7 Å². The molecule has 0 spiro atoms. The van der Waals surface area contributed by atoms with Crippen molar-refractivity contribution in [3.63, 3.8) is 0 Å². The van der Waals surface area contributed by atoms with Crippen LogP contribution < -0.4 is 9.47 Å². The van der Waals surface area contributed by atoms with Crippen LogP contribution >= 0.6 is 11.6 Å². The molecule has 8 heteroatoms. The second-order valence-corrected chi connectivity index (χ2v) is 3.92. The summed E-state index contributed by atoms with van der Waals surface area (Å²) in [4.78, 5) is 10.8. The van der Waals surface area contributed by atoms with Gasteiger partial charge in [0.2, 0.25) is 0 Å². The first kappa shape index (κ1) is 15.4. The molecule has 106 valence electrons. The predicted octanol–water partition coefficient (Wildman–Crippen LogP) is 3.38. The molecule has 0 unspecified atom stereocenters. The minimum atomic E-state index is -4.35. The summed E-state index contributed by atoms with van der Waals surface area (Å²) in [5.74, 6) is -1.38. The van der Waals surface area contributed by atoms with E-state index < -0.39 is 25.2 Å². The van der Waals surface area contributed by atoms with Gasteiger partial charge in [-0.05, 0) is 12.1 Å². The summed E-state index contributed by atoms with van der Waals surface area (Å²) in [5, 5.41) is 8.67. The number of hydrogen-bond acceptors (Lipinski definition) is 3. The molecule has 1 N–H and O–H groups in total. The second kappa shape index (κ2) is 6.01. The van der Waals surface area contributed by atoms with Gasteiger partial charge in [-0.15, -0.1) is 0 Å². The number of carboxylic acid groups (broad SMARTS) is 1. The normalized spacial score (nSPS) is 11.2. The summed E-state index contributed by atoms with van der Waals surface area (Å²) in [6.07, 6.45) is -5.49. The van der Waals surface area contributed by atoms with Crippen LogP contribution in [-0.2, 0) is 0 Å². The number of hydrogen-bond donors (Lipinski definition) is 1. The number of benzene rings is 1. The average molecular weight is 299 g/mol. The second-order valence-electron chi connectivity index (χ2n) is 3.51. The van der Waals surface area contributed by atoms with Gasteiger partial charge >= 0.3 is 12.1 Å². The van der Waals surface area contributed by atoms with Gasteiger partial charge in [-0.25, -0.2) is 4.79 Å². The highest BCUT2D eigenvalue weighted by atomic mass is 35.5. The highest BCUT2D eigenvalue weighted by Crippen LogP contribution is 2.37. The number of carbonyl (C=O) groups is 1. The highest BCUT2D eigenvalue weighted by Gasteiger charge is 2.27. The number of aromatic carboxylic acids is 1. The number of rotatable bonds is 5. The molecular formula is C11H10ClF3O4. The van der Waals surface area contributed by atoms with Gasteiger partial charge in [0.05, 0.1) is 30.7 Å². The van der Waals surface area contributed by atoms with Crippen LogP contribution in [0.2, 0.25) is 5.02 Å². The van der Waals surface area contributed by atoms with Gasteiger partial charge < -0.3 is 14.6 Å². The van der Waals surface area contributed by atoms with Crippen LogP contribution in [0.4, 0.5) is 13.2 Å². The van der Waals surface area contributed by atoms with Crippen LogP contribution in [0.5, 0.6) is 11.5 Å². The standard InChI is InChI=1S/C11H10ClF3O4/c1-18-8-5-6(10(16)17)4-7(12)9(8)19-3-2-11(13,14)15/h4-5H,2-3H2,1H3,(H,16,17). The van der Waals surface area contributed by atoms with Crippen LogP contribution in [0, 0.1) is 0 Å². The van der Waals surface area contributed by atoms with Gasteiger partial charge in [-0.1, -0.05) is 11.6 Å². The molecule has 0 amide bonds. The largest absolute Gasteiger partial charge is 0.493 e. The number of halogens is 4. The third kappa shape index (κ3) is 4.51. The Morgan fingerprint density at radius 1 is 1.42 bits per heavy atom. The lowest BCUT2D eigenvalue weighted by molar-refractivity contribution is -0.139. The van der Waals surface area contributed by atoms with Gasteiger partial charge in [-0.2, -0.15) is 13.2 Å². The molecule has 0 fully saturated rings. The molecular weight excluding hydrogens is 289 g/mol. The van der Waals surface area contributed by atoms with E-state index in [2.05, 4.69) is 0 Å². The maximum Gasteiger partial charge on any atom is 0.392 e. The third-order valence-electron chi connectivity index (χ3n) is 2.11. The summed E-state index contributed by atoms with van der Waals surface area (Å²) in [5.41, 5.74) is -0.148. The van der Waals surface area contributed by atoms with Gasteiger partial charge in [0.25, 0.3) is 0 Å². The molecule has 19 heavy (non-hydrogen) atoms. The SMILES string of the molecule is COc1cc(C(=O)O)cc(Cl)c1OCCC(F)(F)F. The summed E-state index contributed by atoms with van der Waals surface area (Å²) >= 11 is 5.76. The van der Waals surface area contributed by atoms with E-state index in [-0.39, 0.29) is 22.1 Å². The maximum atomic E-state index is 12.0. The fourth-order valence-electron chi connectivity index (χ4n) is 1.25. The van der Waals surface area contributed by atoms with Crippen LogP contribution in [0.15, 0.2) is 12.1 Å². The number of alkyl halides is 3. The first-order chi connectivity index (χ1) is 8.74. The zero-order valence-corrected chi connectivity index (χ0v) is 10.5. The number of ether oxygens (including phenoxy) is 2. The van der Waals surface area contributed by atoms with E-state index in [9.17, 15) is 18.0 Å². The molecule has 1 rings (SSSR count). The Morgan fingerprint density at radius 2 is 2.05 bits per heavy atom. The Morgan fingerprint density at radius 3 is 2.53 bits per heavy atom. The fourth-order valence-corrected chi connectivity index (χ4v) is 1.52. The molecule has 0 saturated carbocycles. The zero-order valence-electron chi connectivity index (χ0n) is 9.75. The van der Waals surface area contributed by atoms with E-state index >= 15 is 0 Å². The van der Waals surface area contributed by atoms with E-state index in [4.69, 9.17) is 26.2 Å². The van der Waals surface area contributed by atoms with Crippen LogP contribution in [0.25, 0.3) is 0 Å². The minimum Gasteiger partial charge on any atom is -0.493 e. The molecule has 0 aliphatic carbocycles. The van der Waals surface area contributed by atoms with E-state index in [0.717, 1.165) is 12.1 Å². The highest BCUT2D eigenvalue weighted by molar-refractivity contribution is 6.32. The summed E-state index contributed by atoms with van der Waals surface area (Å²) < 4.78 is 45.7. The summed E-state index contributed by atoms with van der Waals surface area (Å²) in [6, 6.07) is 2.20. The Balaban J connectivity index is 2.91. The molecule has 0 aliphatic heterocycles. The summed E-state index contributed by atoms with van der Waals surface area (Å²) in [7, 11) is 1.23. The van der Waals surface area contributed by atoms with E-state index in [1.807, 2.05) is 0 Å². The van der Waals surface area contributed by atoms with Crippen molar-refractivity contribution < 1.29 is 32.5 Å². The van der Waals surface area contributed by atoms with E-state index in [1.54, 1.807) is 0 Å². The first-order valence-electron chi connectivity index (χ1n) is 5.05. The molecule has 0 saturated heterocycles. The number of carboxylic acids is 1. The molecule has 0 atom stereocenters. The van der Waals surface area contributed by atoms with Gasteiger partial charge in [-0.3, -0.25) is 0 Å². The van der Waals surface area contributed by atoms with E-state index in [1.165, 1.54) is 7.11 Å². The van der Waals surface area contributed by atoms with Crippen molar-refractivity contribution in [3.8, 4) is 11.5 Å². The topological polar surface area (TPSA) is 55.8 Å². The van der Waals surface area contributed by atoms with Crippen molar-refractivity contribution in [2.75, 3.05) is 13.7 Å². The molecule has 1 aromatic carbocycles. The van der Waals surface area contributed by atoms with Crippen molar-refractivity contribution in [2.24, 2.45) is 0 Å². The van der Waals surface area contributed by atoms with Crippen molar-refractivity contribution >= 4 is 17.6 Å². The lowest BCUT2D eigenvalue weighted by Gasteiger charge is -2.14. The molecule has 4 nitrogen and oxygen atoms in total. The summed E-state index contributed by atoms with van der Waals surface area (Å²) in [6.45, 7) is -0.633. The molecule has 0 aliphatic rings. The Hall–Kier alpha value is -1.63. The van der Waals surface area contributed by atoms with Gasteiger partial charge in [0, 0.05) is 0 Å². The Kier molecular flexibility index (Phi) is 4.88. The van der Waals surface area contributed by atoms with E-state index in [0.29, 0.717) is 0 Å². The molecule has 0 aromatic heterocycles. The minimum absolute atomic E-state index is 0.0351. The van der Waals surface area contributed by atoms with Crippen molar-refractivity contribution in [2.45, 2.75) is 12.6 Å². The van der Waals surface area contributed by atoms with Crippen LogP contribution in [0.3, 0.4) is 0 Å². The van der Waals surface area contributed by atoms with Crippen LogP contribution in [-0.4, -0.2) is 31.0 Å². The Labute approximate surface area is 111 Å². The molecule has 0 bridgehead atoms. The Bertz CT molecular complexity index is 474. The molecule has 0 heterocycles. The lowest BCUT2D eigenvalue weighted by atomic mass is 10.2. The monoisotopic (exact) mass is 298 g/mol. The van der Waals surface area contributed by atoms with Gasteiger partial charge in [0.15, 0.2) is 11.5 Å². The average Bonchev–Trinajstić information content (AvgIpc) is 2.28. The third-order valence-corrected chi connectivity index (χ3v) is 2.39. The maximum absolute atomic E-state index is 12.0. The zero-order chi connectivity index (χ0) is 14.6. The fraction of sp³-hybridized carbons (Fsp3) is 0.364. The molecule has 1 aromatic rings. The van der Waals surface area contributed by atoms with Crippen molar-refractivity contribution in [1.82, 2.24) is 0 Å². The number of methoxy groups -OCH3 is 1. The van der Waals surface area contributed by atoms with Crippen molar-refractivity contribution in [1.29, 1.82) is 0 Å². The predicted molar refractivity (Wildman–Crippen MR) is 61.1 cm³/mol. The molecule has 0 radical (unpaired) electrons. The smallest absolute Gasteiger partial charge is 0.392 e.